The van der Waals surface area contributed by atoms with Gasteiger partial charge in [-0.1, -0.05) is 30.3 Å². The highest BCUT2D eigenvalue weighted by Crippen LogP contribution is 2.23. The molecule has 0 spiro atoms. The van der Waals surface area contributed by atoms with Crippen LogP contribution in [0.3, 0.4) is 0 Å². The summed E-state index contributed by atoms with van der Waals surface area (Å²) >= 11 is 0. The highest BCUT2D eigenvalue weighted by Gasteiger charge is 2.19. The fourth-order valence-electron chi connectivity index (χ4n) is 3.19. The third-order valence-electron chi connectivity index (χ3n) is 4.48. The maximum Gasteiger partial charge on any atom is 0.154 e. The Morgan fingerprint density at radius 2 is 1.78 bits per heavy atom. The molecule has 23 heavy (non-hydrogen) atoms. The average molecular weight is 308 g/mol. The van der Waals surface area contributed by atoms with Crippen LogP contribution in [0, 0.1) is 0 Å². The largest absolute Gasteiger partial charge is 0.393 e. The van der Waals surface area contributed by atoms with Crippen LogP contribution in [0.4, 0.5) is 5.82 Å². The van der Waals surface area contributed by atoms with Crippen molar-refractivity contribution >= 4 is 11.5 Å². The van der Waals surface area contributed by atoms with Crippen LogP contribution in [0.1, 0.15) is 25.7 Å². The van der Waals surface area contributed by atoms with Gasteiger partial charge in [-0.3, -0.25) is 0 Å². The zero-order valence-corrected chi connectivity index (χ0v) is 12.9. The van der Waals surface area contributed by atoms with E-state index in [9.17, 15) is 5.11 Å². The van der Waals surface area contributed by atoms with Crippen molar-refractivity contribution < 1.29 is 5.11 Å². The van der Waals surface area contributed by atoms with E-state index in [0.29, 0.717) is 6.04 Å². The average Bonchev–Trinajstić information content (AvgIpc) is 3.01. The summed E-state index contributed by atoms with van der Waals surface area (Å²) in [5.74, 6) is 0.856. The van der Waals surface area contributed by atoms with Crippen molar-refractivity contribution in [3.8, 4) is 11.3 Å². The van der Waals surface area contributed by atoms with Crippen LogP contribution >= 0.6 is 0 Å². The molecule has 2 N–H and O–H groups in total. The van der Waals surface area contributed by atoms with Crippen LogP contribution in [0.25, 0.3) is 16.9 Å². The molecule has 0 amide bonds. The normalized spacial score (nSPS) is 21.4. The Labute approximate surface area is 135 Å². The zero-order valence-electron chi connectivity index (χ0n) is 12.9. The van der Waals surface area contributed by atoms with E-state index in [2.05, 4.69) is 22.4 Å². The molecule has 1 aliphatic rings. The van der Waals surface area contributed by atoms with E-state index in [0.717, 1.165) is 48.4 Å². The van der Waals surface area contributed by atoms with Crippen molar-refractivity contribution in [3.05, 3.63) is 48.7 Å². The van der Waals surface area contributed by atoms with E-state index in [1.165, 1.54) is 0 Å². The van der Waals surface area contributed by atoms with Crippen LogP contribution in [0.15, 0.2) is 48.7 Å². The molecule has 0 aliphatic heterocycles. The first kappa shape index (κ1) is 14.2. The number of aliphatic hydroxyl groups is 1. The first-order chi connectivity index (χ1) is 11.3. The maximum absolute atomic E-state index is 9.61. The van der Waals surface area contributed by atoms with Gasteiger partial charge in [0.15, 0.2) is 5.65 Å². The van der Waals surface area contributed by atoms with Gasteiger partial charge in [-0.2, -0.15) is 0 Å². The van der Waals surface area contributed by atoms with Crippen LogP contribution in [0.2, 0.25) is 0 Å². The molecule has 4 rings (SSSR count). The lowest BCUT2D eigenvalue weighted by molar-refractivity contribution is 0.126. The van der Waals surface area contributed by atoms with Crippen molar-refractivity contribution in [2.75, 3.05) is 5.32 Å². The molecule has 2 aromatic heterocycles. The van der Waals surface area contributed by atoms with Gasteiger partial charge < -0.3 is 10.4 Å². The predicted molar refractivity (Wildman–Crippen MR) is 90.3 cm³/mol. The SMILES string of the molecule is OC1CCC(Nc2ccc3ncc(-c4ccccc4)n3n2)CC1. The van der Waals surface area contributed by atoms with Crippen molar-refractivity contribution in [2.45, 2.75) is 37.8 Å². The minimum atomic E-state index is -0.137. The summed E-state index contributed by atoms with van der Waals surface area (Å²) in [6, 6.07) is 14.5. The minimum Gasteiger partial charge on any atom is -0.393 e. The molecular weight excluding hydrogens is 288 g/mol. The summed E-state index contributed by atoms with van der Waals surface area (Å²) in [5, 5.41) is 17.8. The van der Waals surface area contributed by atoms with E-state index in [1.807, 2.05) is 41.0 Å². The first-order valence-corrected chi connectivity index (χ1v) is 8.14. The van der Waals surface area contributed by atoms with E-state index < -0.39 is 0 Å². The quantitative estimate of drug-likeness (QED) is 0.780. The number of aromatic nitrogens is 3. The van der Waals surface area contributed by atoms with Crippen molar-refractivity contribution in [1.82, 2.24) is 14.6 Å². The Hall–Kier alpha value is -2.40. The van der Waals surface area contributed by atoms with Gasteiger partial charge in [-0.15, -0.1) is 5.10 Å². The number of hydrogen-bond donors (Lipinski definition) is 2. The number of nitrogens with zero attached hydrogens (tertiary/aromatic N) is 3. The molecule has 5 nitrogen and oxygen atoms in total. The van der Waals surface area contributed by atoms with Gasteiger partial charge in [0.1, 0.15) is 5.82 Å². The van der Waals surface area contributed by atoms with Gasteiger partial charge in [0.25, 0.3) is 0 Å². The van der Waals surface area contributed by atoms with Crippen LogP contribution in [-0.4, -0.2) is 31.9 Å². The van der Waals surface area contributed by atoms with Crippen LogP contribution < -0.4 is 5.32 Å². The van der Waals surface area contributed by atoms with Gasteiger partial charge in [-0.05, 0) is 37.8 Å². The second-order valence-corrected chi connectivity index (χ2v) is 6.15. The van der Waals surface area contributed by atoms with E-state index >= 15 is 0 Å². The van der Waals surface area contributed by atoms with Crippen molar-refractivity contribution in [3.63, 3.8) is 0 Å². The standard InChI is InChI=1S/C18H20N4O/c23-15-8-6-14(7-9-15)20-17-10-11-18-19-12-16(22(18)21-17)13-4-2-1-3-5-13/h1-5,10-12,14-15,23H,6-9H2,(H,20,21). The molecule has 5 heteroatoms. The Morgan fingerprint density at radius 3 is 2.57 bits per heavy atom. The molecule has 1 aromatic carbocycles. The topological polar surface area (TPSA) is 62.5 Å². The van der Waals surface area contributed by atoms with Crippen molar-refractivity contribution in [1.29, 1.82) is 0 Å². The molecule has 1 fully saturated rings. The Kier molecular flexibility index (Phi) is 3.71. The number of anilines is 1. The minimum absolute atomic E-state index is 0.137. The molecule has 3 aromatic rings. The van der Waals surface area contributed by atoms with E-state index in [-0.39, 0.29) is 6.10 Å². The molecule has 0 radical (unpaired) electrons. The summed E-state index contributed by atoms with van der Waals surface area (Å²) < 4.78 is 1.88. The van der Waals surface area contributed by atoms with Crippen LogP contribution in [0.5, 0.6) is 0 Å². The third-order valence-corrected chi connectivity index (χ3v) is 4.48. The van der Waals surface area contributed by atoms with E-state index in [4.69, 9.17) is 5.10 Å². The number of aliphatic hydroxyl groups excluding tert-OH is 1. The summed E-state index contributed by atoms with van der Waals surface area (Å²) in [7, 11) is 0. The fraction of sp³-hybridized carbons (Fsp3) is 0.333. The number of hydrogen-bond acceptors (Lipinski definition) is 4. The van der Waals surface area contributed by atoms with Gasteiger partial charge in [0.05, 0.1) is 18.0 Å². The van der Waals surface area contributed by atoms with Crippen LogP contribution in [-0.2, 0) is 0 Å². The maximum atomic E-state index is 9.61. The lowest BCUT2D eigenvalue weighted by Crippen LogP contribution is -2.28. The highest BCUT2D eigenvalue weighted by molar-refractivity contribution is 5.63. The zero-order chi connectivity index (χ0) is 15.6. The third kappa shape index (κ3) is 2.92. The fourth-order valence-corrected chi connectivity index (χ4v) is 3.19. The second-order valence-electron chi connectivity index (χ2n) is 6.15. The number of benzene rings is 1. The molecular formula is C18H20N4O. The summed E-state index contributed by atoms with van der Waals surface area (Å²) in [4.78, 5) is 4.43. The van der Waals surface area contributed by atoms with E-state index in [1.54, 1.807) is 0 Å². The Morgan fingerprint density at radius 1 is 1.00 bits per heavy atom. The van der Waals surface area contributed by atoms with Crippen molar-refractivity contribution in [2.24, 2.45) is 0 Å². The molecule has 0 atom stereocenters. The monoisotopic (exact) mass is 308 g/mol. The van der Waals surface area contributed by atoms with Gasteiger partial charge in [0.2, 0.25) is 0 Å². The molecule has 0 saturated heterocycles. The molecule has 1 aliphatic carbocycles. The number of fused-ring (bicyclic) bond motifs is 1. The lowest BCUT2D eigenvalue weighted by Gasteiger charge is -2.26. The molecule has 1 saturated carbocycles. The highest BCUT2D eigenvalue weighted by atomic mass is 16.3. The number of rotatable bonds is 3. The van der Waals surface area contributed by atoms with Gasteiger partial charge >= 0.3 is 0 Å². The summed E-state index contributed by atoms with van der Waals surface area (Å²) in [6.07, 6.45) is 5.41. The smallest absolute Gasteiger partial charge is 0.154 e. The molecule has 118 valence electrons. The first-order valence-electron chi connectivity index (χ1n) is 8.14. The molecule has 2 heterocycles. The summed E-state index contributed by atoms with van der Waals surface area (Å²) in [6.45, 7) is 0. The molecule has 0 bridgehead atoms. The van der Waals surface area contributed by atoms with Gasteiger partial charge in [0, 0.05) is 11.6 Å². The Balaban J connectivity index is 1.62. The lowest BCUT2D eigenvalue weighted by atomic mass is 9.93. The number of nitrogens with one attached hydrogen (secondary N) is 1. The summed E-state index contributed by atoms with van der Waals surface area (Å²) in [5.41, 5.74) is 2.93. The predicted octanol–water partition coefficient (Wildman–Crippen LogP) is 3.11. The Bertz CT molecular complexity index is 791. The van der Waals surface area contributed by atoms with Gasteiger partial charge in [-0.25, -0.2) is 9.50 Å². The number of imidazole rings is 1. The molecule has 0 unspecified atom stereocenters. The second kappa shape index (κ2) is 6.01.